The van der Waals surface area contributed by atoms with Gasteiger partial charge in [-0.25, -0.2) is 4.98 Å². The summed E-state index contributed by atoms with van der Waals surface area (Å²) in [5.41, 5.74) is 3.80. The Kier molecular flexibility index (Phi) is 6.27. The van der Waals surface area contributed by atoms with Gasteiger partial charge in [0.15, 0.2) is 0 Å². The number of hydrogen-bond acceptors (Lipinski definition) is 5. The van der Waals surface area contributed by atoms with E-state index in [0.29, 0.717) is 18.8 Å². The smallest absolute Gasteiger partial charge is 0.273 e. The maximum Gasteiger partial charge on any atom is 0.273 e. The molecule has 1 aromatic carbocycles. The number of carbonyl (C=O) groups is 1. The van der Waals surface area contributed by atoms with E-state index in [-0.39, 0.29) is 19.1 Å². The molecule has 0 fully saturated rings. The summed E-state index contributed by atoms with van der Waals surface area (Å²) in [5.74, 6) is -0.177. The van der Waals surface area contributed by atoms with Gasteiger partial charge in [-0.2, -0.15) is 0 Å². The summed E-state index contributed by atoms with van der Waals surface area (Å²) in [6.07, 6.45) is 0. The number of aromatic nitrogens is 1. The molecule has 0 spiro atoms. The molecule has 1 amide bonds. The van der Waals surface area contributed by atoms with Gasteiger partial charge in [0, 0.05) is 31.1 Å². The highest BCUT2D eigenvalue weighted by molar-refractivity contribution is 7.13. The second kappa shape index (κ2) is 8.19. The minimum atomic E-state index is -0.177. The summed E-state index contributed by atoms with van der Waals surface area (Å²) in [6.45, 7) is 5.16. The maximum atomic E-state index is 12.5. The predicted molar refractivity (Wildman–Crippen MR) is 91.9 cm³/mol. The molecule has 5 nitrogen and oxygen atoms in total. The van der Waals surface area contributed by atoms with Crippen LogP contribution in [0.5, 0.6) is 0 Å². The van der Waals surface area contributed by atoms with E-state index < -0.39 is 0 Å². The van der Waals surface area contributed by atoms with E-state index in [9.17, 15) is 4.79 Å². The number of amides is 1. The Morgan fingerprint density at radius 3 is 2.78 bits per heavy atom. The summed E-state index contributed by atoms with van der Waals surface area (Å²) in [4.78, 5) is 18.6. The van der Waals surface area contributed by atoms with Gasteiger partial charge < -0.3 is 14.7 Å². The van der Waals surface area contributed by atoms with E-state index in [1.54, 1.807) is 17.4 Å². The first kappa shape index (κ1) is 17.6. The van der Waals surface area contributed by atoms with E-state index in [4.69, 9.17) is 9.84 Å². The highest BCUT2D eigenvalue weighted by Crippen LogP contribution is 2.27. The second-order valence-corrected chi connectivity index (χ2v) is 6.22. The van der Waals surface area contributed by atoms with E-state index in [0.717, 1.165) is 16.1 Å². The number of rotatable bonds is 7. The number of hydrogen-bond donors (Lipinski definition) is 1. The van der Waals surface area contributed by atoms with Gasteiger partial charge in [0.25, 0.3) is 5.91 Å². The Balaban J connectivity index is 2.21. The van der Waals surface area contributed by atoms with Crippen molar-refractivity contribution in [2.45, 2.75) is 13.8 Å². The van der Waals surface area contributed by atoms with Crippen LogP contribution in [0.4, 0.5) is 0 Å². The zero-order valence-corrected chi connectivity index (χ0v) is 14.5. The van der Waals surface area contributed by atoms with Gasteiger partial charge in [0.05, 0.1) is 13.2 Å². The van der Waals surface area contributed by atoms with Crippen molar-refractivity contribution >= 4 is 17.2 Å². The SMILES string of the molecule is COCCN(CCO)C(=O)c1csc(-c2ccc(C)cc2C)n1. The zero-order valence-electron chi connectivity index (χ0n) is 13.7. The molecule has 0 aliphatic carbocycles. The summed E-state index contributed by atoms with van der Waals surface area (Å²) >= 11 is 1.46. The highest BCUT2D eigenvalue weighted by atomic mass is 32.1. The number of carbonyl (C=O) groups excluding carboxylic acids is 1. The molecule has 6 heteroatoms. The van der Waals surface area contributed by atoms with Gasteiger partial charge in [-0.1, -0.05) is 23.8 Å². The molecule has 0 aliphatic rings. The molecule has 1 aromatic heterocycles. The van der Waals surface area contributed by atoms with E-state index in [1.807, 2.05) is 19.1 Å². The minimum absolute atomic E-state index is 0.0798. The number of aliphatic hydroxyl groups excluding tert-OH is 1. The third kappa shape index (κ3) is 4.37. The topological polar surface area (TPSA) is 62.7 Å². The number of methoxy groups -OCH3 is 1. The third-order valence-corrected chi connectivity index (χ3v) is 4.43. The van der Waals surface area contributed by atoms with Crippen LogP contribution < -0.4 is 0 Å². The van der Waals surface area contributed by atoms with Crippen molar-refractivity contribution in [2.24, 2.45) is 0 Å². The van der Waals surface area contributed by atoms with Crippen molar-refractivity contribution in [3.8, 4) is 10.6 Å². The Labute approximate surface area is 140 Å². The Morgan fingerprint density at radius 2 is 2.13 bits per heavy atom. The molecule has 0 aliphatic heterocycles. The van der Waals surface area contributed by atoms with Crippen molar-refractivity contribution in [3.05, 3.63) is 40.4 Å². The van der Waals surface area contributed by atoms with Gasteiger partial charge in [-0.3, -0.25) is 4.79 Å². The standard InChI is InChI=1S/C17H22N2O3S/c1-12-4-5-14(13(2)10-12)16-18-15(11-23-16)17(21)19(6-8-20)7-9-22-3/h4-5,10-11,20H,6-9H2,1-3H3. The molecule has 0 saturated carbocycles. The molecule has 0 saturated heterocycles. The van der Waals surface area contributed by atoms with Crippen molar-refractivity contribution in [1.82, 2.24) is 9.88 Å². The van der Waals surface area contributed by atoms with Crippen LogP contribution in [0.2, 0.25) is 0 Å². The molecular weight excluding hydrogens is 312 g/mol. The first-order valence-corrected chi connectivity index (χ1v) is 8.37. The molecular formula is C17H22N2O3S. The van der Waals surface area contributed by atoms with E-state index in [1.165, 1.54) is 16.9 Å². The first-order chi connectivity index (χ1) is 11.1. The molecule has 0 atom stereocenters. The lowest BCUT2D eigenvalue weighted by atomic mass is 10.1. The normalized spacial score (nSPS) is 10.8. The fourth-order valence-corrected chi connectivity index (χ4v) is 3.23. The Morgan fingerprint density at radius 1 is 1.35 bits per heavy atom. The predicted octanol–water partition coefficient (Wildman–Crippen LogP) is 2.51. The number of benzene rings is 1. The van der Waals surface area contributed by atoms with Gasteiger partial charge in [0.2, 0.25) is 0 Å². The largest absolute Gasteiger partial charge is 0.395 e. The molecule has 0 bridgehead atoms. The maximum absolute atomic E-state index is 12.5. The number of thiazole rings is 1. The van der Waals surface area contributed by atoms with Gasteiger partial charge in [-0.15, -0.1) is 11.3 Å². The van der Waals surface area contributed by atoms with Crippen molar-refractivity contribution in [2.75, 3.05) is 33.4 Å². The highest BCUT2D eigenvalue weighted by Gasteiger charge is 2.19. The zero-order chi connectivity index (χ0) is 16.8. The molecule has 0 radical (unpaired) electrons. The molecule has 2 rings (SSSR count). The van der Waals surface area contributed by atoms with Gasteiger partial charge in [0.1, 0.15) is 10.7 Å². The molecule has 1 heterocycles. The van der Waals surface area contributed by atoms with Gasteiger partial charge in [-0.05, 0) is 19.4 Å². The van der Waals surface area contributed by atoms with Crippen LogP contribution in [-0.2, 0) is 4.74 Å². The van der Waals surface area contributed by atoms with Crippen molar-refractivity contribution in [1.29, 1.82) is 0 Å². The summed E-state index contributed by atoms with van der Waals surface area (Å²) in [6, 6.07) is 6.19. The van der Waals surface area contributed by atoms with Crippen LogP contribution in [0.1, 0.15) is 21.6 Å². The third-order valence-electron chi connectivity index (χ3n) is 3.56. The number of ether oxygens (including phenoxy) is 1. The van der Waals surface area contributed by atoms with Crippen molar-refractivity contribution in [3.63, 3.8) is 0 Å². The Bertz CT molecular complexity index is 670. The van der Waals surface area contributed by atoms with Crippen LogP contribution in [0.25, 0.3) is 10.6 Å². The minimum Gasteiger partial charge on any atom is -0.395 e. The lowest BCUT2D eigenvalue weighted by molar-refractivity contribution is 0.0651. The monoisotopic (exact) mass is 334 g/mol. The van der Waals surface area contributed by atoms with E-state index in [2.05, 4.69) is 18.0 Å². The molecule has 2 aromatic rings. The average Bonchev–Trinajstić information content (AvgIpc) is 3.00. The van der Waals surface area contributed by atoms with Crippen LogP contribution in [0, 0.1) is 13.8 Å². The van der Waals surface area contributed by atoms with E-state index >= 15 is 0 Å². The number of aliphatic hydroxyl groups is 1. The average molecular weight is 334 g/mol. The molecule has 1 N–H and O–H groups in total. The quantitative estimate of drug-likeness (QED) is 0.845. The van der Waals surface area contributed by atoms with Crippen LogP contribution in [0.15, 0.2) is 23.6 Å². The number of aryl methyl sites for hydroxylation is 2. The second-order valence-electron chi connectivity index (χ2n) is 5.36. The molecule has 124 valence electrons. The van der Waals surface area contributed by atoms with Crippen molar-refractivity contribution < 1.29 is 14.6 Å². The number of nitrogens with zero attached hydrogens (tertiary/aromatic N) is 2. The van der Waals surface area contributed by atoms with Crippen LogP contribution >= 0.6 is 11.3 Å². The summed E-state index contributed by atoms with van der Waals surface area (Å²) < 4.78 is 5.01. The fraction of sp³-hybridized carbons (Fsp3) is 0.412. The Hall–Kier alpha value is -1.76. The summed E-state index contributed by atoms with van der Waals surface area (Å²) in [5, 5.41) is 11.7. The summed E-state index contributed by atoms with van der Waals surface area (Å²) in [7, 11) is 1.59. The molecule has 23 heavy (non-hydrogen) atoms. The van der Waals surface area contributed by atoms with Gasteiger partial charge >= 0.3 is 0 Å². The lowest BCUT2D eigenvalue weighted by Crippen LogP contribution is -2.36. The van der Waals surface area contributed by atoms with Crippen LogP contribution in [-0.4, -0.2) is 54.3 Å². The van der Waals surface area contributed by atoms with Crippen LogP contribution in [0.3, 0.4) is 0 Å². The molecule has 0 unspecified atom stereocenters. The first-order valence-electron chi connectivity index (χ1n) is 7.49. The fourth-order valence-electron chi connectivity index (χ4n) is 2.35. The lowest BCUT2D eigenvalue weighted by Gasteiger charge is -2.20.